The minimum Gasteiger partial charge on any atom is -0.463 e. The number of sulfonamides is 1. The monoisotopic (exact) mass is 295 g/mol. The smallest absolute Gasteiger partial charge is 0.334 e. The van der Waals surface area contributed by atoms with E-state index >= 15 is 0 Å². The molecule has 1 aromatic rings. The highest BCUT2D eigenvalue weighted by Gasteiger charge is 2.32. The number of nitrogens with zero attached hydrogens (tertiary/aromatic N) is 1. The summed E-state index contributed by atoms with van der Waals surface area (Å²) in [5.41, 5.74) is 1.72. The van der Waals surface area contributed by atoms with Gasteiger partial charge in [0.05, 0.1) is 11.5 Å². The fourth-order valence-corrected chi connectivity index (χ4v) is 3.54. The summed E-state index contributed by atoms with van der Waals surface area (Å²) in [6, 6.07) is 6.71. The Morgan fingerprint density at radius 3 is 2.65 bits per heavy atom. The van der Waals surface area contributed by atoms with Crippen LogP contribution in [0.5, 0.6) is 0 Å². The van der Waals surface area contributed by atoms with E-state index in [1.807, 2.05) is 0 Å². The average molecular weight is 295 g/mol. The molecule has 0 saturated heterocycles. The van der Waals surface area contributed by atoms with Crippen LogP contribution in [0.4, 0.5) is 0 Å². The van der Waals surface area contributed by atoms with Gasteiger partial charge in [-0.3, -0.25) is 0 Å². The molecular weight excluding hydrogens is 278 g/mol. The maximum Gasteiger partial charge on any atom is 0.334 e. The molecule has 2 rings (SSSR count). The number of likely N-dealkylation sites (N-methyl/N-ethyl adjacent to an activating group) is 1. The van der Waals surface area contributed by atoms with Crippen LogP contribution < -0.4 is 0 Å². The molecule has 108 valence electrons. The summed E-state index contributed by atoms with van der Waals surface area (Å²) < 4.78 is 30.7. The normalized spacial score (nSPS) is 20.1. The van der Waals surface area contributed by atoms with E-state index < -0.39 is 16.0 Å². The Hall–Kier alpha value is -1.66. The molecule has 0 atom stereocenters. The average Bonchev–Trinajstić information content (AvgIpc) is 2.43. The zero-order valence-electron chi connectivity index (χ0n) is 11.7. The van der Waals surface area contributed by atoms with Crippen molar-refractivity contribution in [2.75, 3.05) is 20.2 Å². The van der Waals surface area contributed by atoms with Crippen molar-refractivity contribution in [3.05, 3.63) is 35.4 Å². The van der Waals surface area contributed by atoms with Crippen molar-refractivity contribution < 1.29 is 17.9 Å². The summed E-state index contributed by atoms with van der Waals surface area (Å²) in [6.45, 7) is 3.86. The maximum atomic E-state index is 12.3. The predicted molar refractivity (Wildman–Crippen MR) is 75.5 cm³/mol. The van der Waals surface area contributed by atoms with Crippen molar-refractivity contribution in [2.45, 2.75) is 18.7 Å². The Kier molecular flexibility index (Phi) is 3.96. The number of hydrogen-bond donors (Lipinski definition) is 0. The summed E-state index contributed by atoms with van der Waals surface area (Å²) in [5, 5.41) is 0. The van der Waals surface area contributed by atoms with Crippen LogP contribution in [-0.4, -0.2) is 38.9 Å². The summed E-state index contributed by atoms with van der Waals surface area (Å²) in [6.07, 6.45) is 0. The summed E-state index contributed by atoms with van der Waals surface area (Å²) in [4.78, 5) is 12.1. The van der Waals surface area contributed by atoms with E-state index in [4.69, 9.17) is 4.74 Å². The first kappa shape index (κ1) is 14.7. The summed E-state index contributed by atoms with van der Waals surface area (Å²) >= 11 is 0. The quantitative estimate of drug-likeness (QED) is 0.615. The van der Waals surface area contributed by atoms with Crippen molar-refractivity contribution in [3.8, 4) is 0 Å². The van der Waals surface area contributed by atoms with Crippen molar-refractivity contribution in [1.82, 2.24) is 4.31 Å². The third-order valence-corrected chi connectivity index (χ3v) is 5.18. The van der Waals surface area contributed by atoms with E-state index in [0.717, 1.165) is 0 Å². The lowest BCUT2D eigenvalue weighted by Crippen LogP contribution is -2.34. The first-order valence-corrected chi connectivity index (χ1v) is 7.76. The minimum atomic E-state index is -3.48. The number of carbonyl (C=O) groups excluding carboxylic acids is 1. The molecule has 1 aliphatic heterocycles. The van der Waals surface area contributed by atoms with Gasteiger partial charge in [-0.2, -0.15) is 4.31 Å². The Labute approximate surface area is 118 Å². The van der Waals surface area contributed by atoms with Crippen molar-refractivity contribution in [2.24, 2.45) is 0 Å². The molecule has 1 aromatic carbocycles. The van der Waals surface area contributed by atoms with Crippen molar-refractivity contribution >= 4 is 21.6 Å². The van der Waals surface area contributed by atoms with Crippen LogP contribution in [0.3, 0.4) is 0 Å². The first-order valence-electron chi connectivity index (χ1n) is 6.32. The van der Waals surface area contributed by atoms with Gasteiger partial charge in [-0.25, -0.2) is 13.2 Å². The lowest BCUT2D eigenvalue weighted by Gasteiger charge is -2.28. The number of carbonyl (C=O) groups is 1. The second kappa shape index (κ2) is 5.38. The van der Waals surface area contributed by atoms with Crippen LogP contribution >= 0.6 is 0 Å². The number of rotatable bonds is 2. The van der Waals surface area contributed by atoms with Gasteiger partial charge in [0.25, 0.3) is 0 Å². The van der Waals surface area contributed by atoms with E-state index in [-0.39, 0.29) is 11.4 Å². The molecule has 0 N–H and O–H groups in total. The molecule has 1 heterocycles. The van der Waals surface area contributed by atoms with Gasteiger partial charge in [0, 0.05) is 19.2 Å². The third kappa shape index (κ3) is 2.36. The second-order valence-electron chi connectivity index (χ2n) is 4.58. The van der Waals surface area contributed by atoms with Gasteiger partial charge in [-0.15, -0.1) is 0 Å². The first-order chi connectivity index (χ1) is 9.39. The minimum absolute atomic E-state index is 0.171. The number of esters is 1. The molecule has 0 aliphatic carbocycles. The number of ether oxygens (including phenoxy) is 1. The highest BCUT2D eigenvalue weighted by Crippen LogP contribution is 2.33. The lowest BCUT2D eigenvalue weighted by atomic mass is 10.0. The third-order valence-electron chi connectivity index (χ3n) is 3.32. The lowest BCUT2D eigenvalue weighted by molar-refractivity contribution is -0.138. The molecule has 5 nitrogen and oxygen atoms in total. The molecule has 0 unspecified atom stereocenters. The van der Waals surface area contributed by atoms with E-state index in [1.165, 1.54) is 11.4 Å². The molecule has 0 amide bonds. The highest BCUT2D eigenvalue weighted by molar-refractivity contribution is 7.89. The number of benzene rings is 1. The molecule has 6 heteroatoms. The Morgan fingerprint density at radius 1 is 1.35 bits per heavy atom. The molecular formula is C14H17NO4S. The summed E-state index contributed by atoms with van der Waals surface area (Å²) in [7, 11) is -1.97. The van der Waals surface area contributed by atoms with Gasteiger partial charge in [0.1, 0.15) is 0 Å². The molecule has 0 saturated carbocycles. The van der Waals surface area contributed by atoms with Gasteiger partial charge >= 0.3 is 5.97 Å². The van der Waals surface area contributed by atoms with Crippen LogP contribution in [0.15, 0.2) is 34.7 Å². The van der Waals surface area contributed by atoms with Crippen LogP contribution in [-0.2, 0) is 19.6 Å². The van der Waals surface area contributed by atoms with Crippen molar-refractivity contribution in [1.29, 1.82) is 0 Å². The predicted octanol–water partition coefficient (Wildman–Crippen LogP) is 1.66. The van der Waals surface area contributed by atoms with Crippen molar-refractivity contribution in [3.63, 3.8) is 0 Å². The van der Waals surface area contributed by atoms with Gasteiger partial charge < -0.3 is 4.74 Å². The van der Waals surface area contributed by atoms with Crippen LogP contribution in [0, 0.1) is 0 Å². The molecule has 0 bridgehead atoms. The van der Waals surface area contributed by atoms with Gasteiger partial charge in [-0.05, 0) is 31.1 Å². The van der Waals surface area contributed by atoms with Crippen LogP contribution in [0.25, 0.3) is 5.57 Å². The fourth-order valence-electron chi connectivity index (χ4n) is 2.18. The fraction of sp³-hybridized carbons (Fsp3) is 0.357. The van der Waals surface area contributed by atoms with Crippen LogP contribution in [0.2, 0.25) is 0 Å². The molecule has 0 radical (unpaired) electrons. The molecule has 20 heavy (non-hydrogen) atoms. The van der Waals surface area contributed by atoms with E-state index in [2.05, 4.69) is 0 Å². The molecule has 1 aliphatic rings. The van der Waals surface area contributed by atoms with Crippen LogP contribution in [0.1, 0.15) is 19.4 Å². The Balaban J connectivity index is 2.64. The zero-order valence-corrected chi connectivity index (χ0v) is 12.5. The van der Waals surface area contributed by atoms with Gasteiger partial charge in [-0.1, -0.05) is 18.2 Å². The van der Waals surface area contributed by atoms with E-state index in [0.29, 0.717) is 23.3 Å². The molecule has 0 fully saturated rings. The maximum absolute atomic E-state index is 12.3. The van der Waals surface area contributed by atoms with E-state index in [9.17, 15) is 13.2 Å². The SMILES string of the molecule is CCOC(=O)/C(C)=C1\CN(C)S(=O)(=O)c2ccccc21. The Bertz CT molecular complexity index is 676. The molecule has 0 spiro atoms. The molecule has 0 aromatic heterocycles. The van der Waals surface area contributed by atoms with E-state index in [1.54, 1.807) is 38.1 Å². The van der Waals surface area contributed by atoms with Gasteiger partial charge in [0.15, 0.2) is 0 Å². The zero-order chi connectivity index (χ0) is 14.9. The summed E-state index contributed by atoms with van der Waals surface area (Å²) in [5.74, 6) is -0.412. The highest BCUT2D eigenvalue weighted by atomic mass is 32.2. The topological polar surface area (TPSA) is 63.7 Å². The largest absolute Gasteiger partial charge is 0.463 e. The standard InChI is InChI=1S/C14H17NO4S/c1-4-19-14(16)10(2)12-9-15(3)20(17,18)13-8-6-5-7-11(12)13/h5-8H,4,9H2,1-3H3/b12-10+. The number of fused-ring (bicyclic) bond motifs is 1. The number of hydrogen-bond acceptors (Lipinski definition) is 4. The second-order valence-corrected chi connectivity index (χ2v) is 6.59. The Morgan fingerprint density at radius 2 is 2.00 bits per heavy atom. The van der Waals surface area contributed by atoms with Gasteiger partial charge in [0.2, 0.25) is 10.0 Å².